The minimum atomic E-state index is 0.104. The molecule has 1 atom stereocenters. The van der Waals surface area contributed by atoms with Crippen molar-refractivity contribution in [1.29, 1.82) is 0 Å². The van der Waals surface area contributed by atoms with Crippen molar-refractivity contribution >= 4 is 11.3 Å². The summed E-state index contributed by atoms with van der Waals surface area (Å²) < 4.78 is 16.8. The van der Waals surface area contributed by atoms with Crippen molar-refractivity contribution in [2.24, 2.45) is 5.73 Å². The molecule has 1 aromatic carbocycles. The second kappa shape index (κ2) is 6.32. The number of nitrogens with zero attached hydrogens (tertiary/aromatic N) is 1. The molecule has 2 heterocycles. The first kappa shape index (κ1) is 14.2. The Kier molecular flexibility index (Phi) is 4.26. The van der Waals surface area contributed by atoms with Gasteiger partial charge in [-0.05, 0) is 24.5 Å². The van der Waals surface area contributed by atoms with Crippen molar-refractivity contribution in [3.63, 3.8) is 0 Å². The van der Waals surface area contributed by atoms with E-state index in [0.717, 1.165) is 41.3 Å². The maximum absolute atomic E-state index is 6.07. The molecule has 0 aliphatic carbocycles. The average molecular weight is 306 g/mol. The van der Waals surface area contributed by atoms with Gasteiger partial charge in [0, 0.05) is 17.5 Å². The predicted molar refractivity (Wildman–Crippen MR) is 81.0 cm³/mol. The first-order valence-electron chi connectivity index (χ1n) is 6.94. The molecule has 21 heavy (non-hydrogen) atoms. The first-order chi connectivity index (χ1) is 10.3. The highest BCUT2D eigenvalue weighted by Gasteiger charge is 2.19. The lowest BCUT2D eigenvalue weighted by molar-refractivity contribution is 0.173. The minimum absolute atomic E-state index is 0.104. The van der Waals surface area contributed by atoms with Gasteiger partial charge in [-0.15, -0.1) is 11.3 Å². The fourth-order valence-corrected chi connectivity index (χ4v) is 2.69. The van der Waals surface area contributed by atoms with Gasteiger partial charge in [0.05, 0.1) is 11.2 Å². The monoisotopic (exact) mass is 306 g/mol. The molecule has 2 N–H and O–H groups in total. The number of hydrogen-bond donors (Lipinski definition) is 1. The highest BCUT2D eigenvalue weighted by atomic mass is 32.1. The molecule has 112 valence electrons. The molecule has 1 unspecified atom stereocenters. The summed E-state index contributed by atoms with van der Waals surface area (Å²) in [5.41, 5.74) is 9.83. The van der Waals surface area contributed by atoms with Crippen LogP contribution in [0.1, 0.15) is 24.6 Å². The summed E-state index contributed by atoms with van der Waals surface area (Å²) in [6, 6.07) is 3.95. The number of hydrogen-bond acceptors (Lipinski definition) is 6. The molecule has 5 nitrogen and oxygen atoms in total. The van der Waals surface area contributed by atoms with Crippen LogP contribution >= 0.6 is 11.3 Å². The maximum atomic E-state index is 6.07. The quantitative estimate of drug-likeness (QED) is 0.889. The van der Waals surface area contributed by atoms with E-state index in [2.05, 4.69) is 11.9 Å². The smallest absolute Gasteiger partial charge is 0.231 e. The van der Waals surface area contributed by atoms with Gasteiger partial charge in [0.15, 0.2) is 11.5 Å². The van der Waals surface area contributed by atoms with Crippen LogP contribution in [-0.4, -0.2) is 17.8 Å². The molecule has 0 saturated heterocycles. The number of thiazole rings is 1. The molecule has 1 aromatic heterocycles. The van der Waals surface area contributed by atoms with Crippen molar-refractivity contribution < 1.29 is 14.2 Å². The third-order valence-electron chi connectivity index (χ3n) is 3.42. The van der Waals surface area contributed by atoms with E-state index in [4.69, 9.17) is 19.9 Å². The Morgan fingerprint density at radius 3 is 2.90 bits per heavy atom. The van der Waals surface area contributed by atoms with Crippen LogP contribution in [0.5, 0.6) is 17.2 Å². The van der Waals surface area contributed by atoms with E-state index < -0.39 is 0 Å². The van der Waals surface area contributed by atoms with Crippen LogP contribution in [0.25, 0.3) is 0 Å². The molecule has 0 spiro atoms. The van der Waals surface area contributed by atoms with Crippen LogP contribution in [0.3, 0.4) is 0 Å². The Labute approximate surface area is 127 Å². The van der Waals surface area contributed by atoms with Gasteiger partial charge in [0.1, 0.15) is 12.4 Å². The molecular formula is C15H18N2O3S. The predicted octanol–water partition coefficient (Wildman–Crippen LogP) is 2.73. The fourth-order valence-electron chi connectivity index (χ4n) is 2.15. The lowest BCUT2D eigenvalue weighted by Gasteiger charge is -2.15. The summed E-state index contributed by atoms with van der Waals surface area (Å²) in [6.45, 7) is 2.77. The number of benzene rings is 1. The third-order valence-corrected chi connectivity index (χ3v) is 4.06. The fraction of sp³-hybridized carbons (Fsp3) is 0.400. The van der Waals surface area contributed by atoms with E-state index in [9.17, 15) is 0 Å². The summed E-state index contributed by atoms with van der Waals surface area (Å²) in [7, 11) is 0. The van der Waals surface area contributed by atoms with Gasteiger partial charge in [-0.1, -0.05) is 6.92 Å². The molecule has 0 saturated carbocycles. The van der Waals surface area contributed by atoms with Crippen molar-refractivity contribution in [3.8, 4) is 17.2 Å². The van der Waals surface area contributed by atoms with Gasteiger partial charge in [-0.2, -0.15) is 0 Å². The van der Waals surface area contributed by atoms with Crippen LogP contribution in [0.4, 0.5) is 0 Å². The van der Waals surface area contributed by atoms with Crippen molar-refractivity contribution in [1.82, 2.24) is 4.98 Å². The third kappa shape index (κ3) is 3.28. The molecule has 0 fully saturated rings. The summed E-state index contributed by atoms with van der Waals surface area (Å²) in [4.78, 5) is 4.22. The van der Waals surface area contributed by atoms with Crippen LogP contribution in [0.15, 0.2) is 23.0 Å². The first-order valence-corrected chi connectivity index (χ1v) is 7.88. The lowest BCUT2D eigenvalue weighted by Crippen LogP contribution is -2.21. The Balaban J connectivity index is 1.81. The van der Waals surface area contributed by atoms with Crippen LogP contribution < -0.4 is 19.9 Å². The molecule has 1 aliphatic heterocycles. The number of nitrogens with two attached hydrogens (primary N) is 1. The highest BCUT2D eigenvalue weighted by molar-refractivity contribution is 7.07. The van der Waals surface area contributed by atoms with Crippen LogP contribution in [0.2, 0.25) is 0 Å². The summed E-state index contributed by atoms with van der Waals surface area (Å²) in [5, 5.41) is 1.98. The van der Waals surface area contributed by atoms with Gasteiger partial charge in [-0.3, -0.25) is 0 Å². The summed E-state index contributed by atoms with van der Waals surface area (Å²) >= 11 is 1.56. The molecule has 6 heteroatoms. The van der Waals surface area contributed by atoms with E-state index >= 15 is 0 Å². The minimum Gasteiger partial charge on any atom is -0.487 e. The van der Waals surface area contributed by atoms with E-state index in [1.54, 1.807) is 16.8 Å². The zero-order valence-electron chi connectivity index (χ0n) is 11.9. The maximum Gasteiger partial charge on any atom is 0.231 e. The van der Waals surface area contributed by atoms with Crippen LogP contribution in [-0.2, 0) is 13.0 Å². The number of rotatable bonds is 6. The van der Waals surface area contributed by atoms with Gasteiger partial charge < -0.3 is 19.9 Å². The Hall–Kier alpha value is -1.79. The zero-order valence-corrected chi connectivity index (χ0v) is 12.7. The molecule has 3 rings (SSSR count). The van der Waals surface area contributed by atoms with Crippen molar-refractivity contribution in [2.45, 2.75) is 32.4 Å². The van der Waals surface area contributed by atoms with Crippen LogP contribution in [0, 0.1) is 0 Å². The Morgan fingerprint density at radius 1 is 1.38 bits per heavy atom. The largest absolute Gasteiger partial charge is 0.487 e. The molecule has 2 aromatic rings. The van der Waals surface area contributed by atoms with Gasteiger partial charge in [0.2, 0.25) is 6.79 Å². The second-order valence-electron chi connectivity index (χ2n) is 4.95. The molecule has 0 radical (unpaired) electrons. The topological polar surface area (TPSA) is 66.6 Å². The Morgan fingerprint density at radius 2 is 2.19 bits per heavy atom. The standard InChI is InChI=1S/C15H18N2O3S/c1-2-11(16)3-10-4-14-15(20-9-19-14)5-13(10)18-6-12-7-21-8-17-12/h4-5,7-8,11H,2-3,6,9,16H2,1H3. The molecule has 0 bridgehead atoms. The zero-order chi connectivity index (χ0) is 14.7. The number of ether oxygens (including phenoxy) is 3. The number of fused-ring (bicyclic) bond motifs is 1. The van der Waals surface area contributed by atoms with Gasteiger partial charge >= 0.3 is 0 Å². The average Bonchev–Trinajstić information content (AvgIpc) is 3.15. The van der Waals surface area contributed by atoms with Gasteiger partial charge in [-0.25, -0.2) is 4.98 Å². The lowest BCUT2D eigenvalue weighted by atomic mass is 10.0. The van der Waals surface area contributed by atoms with E-state index in [1.807, 2.05) is 17.5 Å². The van der Waals surface area contributed by atoms with E-state index in [1.165, 1.54) is 0 Å². The second-order valence-corrected chi connectivity index (χ2v) is 5.67. The number of aromatic nitrogens is 1. The van der Waals surface area contributed by atoms with Crippen molar-refractivity contribution in [3.05, 3.63) is 34.3 Å². The molecule has 0 amide bonds. The van der Waals surface area contributed by atoms with Gasteiger partial charge in [0.25, 0.3) is 0 Å². The summed E-state index contributed by atoms with van der Waals surface area (Å²) in [6.07, 6.45) is 1.67. The highest BCUT2D eigenvalue weighted by Crippen LogP contribution is 2.38. The Bertz CT molecular complexity index is 601. The molecule has 1 aliphatic rings. The SMILES string of the molecule is CCC(N)Cc1cc2c(cc1OCc1cscn1)OCO2. The summed E-state index contributed by atoms with van der Waals surface area (Å²) in [5.74, 6) is 2.27. The van der Waals surface area contributed by atoms with E-state index in [-0.39, 0.29) is 12.8 Å². The normalized spacial score (nSPS) is 14.2. The molecular weight excluding hydrogens is 288 g/mol. The van der Waals surface area contributed by atoms with Crippen molar-refractivity contribution in [2.75, 3.05) is 6.79 Å². The van der Waals surface area contributed by atoms with E-state index in [0.29, 0.717) is 6.61 Å².